The summed E-state index contributed by atoms with van der Waals surface area (Å²) in [6.07, 6.45) is 3.04. The van der Waals surface area contributed by atoms with Gasteiger partial charge >= 0.3 is 0 Å². The Balaban J connectivity index is 3.85. The molecule has 0 bridgehead atoms. The molecule has 0 aromatic carbocycles. The van der Waals surface area contributed by atoms with Crippen molar-refractivity contribution in [3.8, 4) is 0 Å². The van der Waals surface area contributed by atoms with Crippen LogP contribution < -0.4 is 27.8 Å². The molecule has 0 aromatic rings. The van der Waals surface area contributed by atoms with Crippen molar-refractivity contribution in [3.63, 3.8) is 0 Å². The normalized spacial score (nSPS) is 12.3. The van der Waals surface area contributed by atoms with Gasteiger partial charge in [-0.25, -0.2) is 0 Å². The number of nitrogens with one attached hydrogen (secondary N) is 2. The van der Waals surface area contributed by atoms with Crippen molar-refractivity contribution < 1.29 is 9.59 Å². The molecule has 1 unspecified atom stereocenters. The number of hydrogen-bond donors (Lipinski definition) is 5. The van der Waals surface area contributed by atoms with Crippen molar-refractivity contribution in [2.45, 2.75) is 32.1 Å². The fraction of sp³-hybridized carbons (Fsp3) is 0.833. The van der Waals surface area contributed by atoms with Crippen molar-refractivity contribution in [1.29, 1.82) is 0 Å². The van der Waals surface area contributed by atoms with E-state index in [-0.39, 0.29) is 18.1 Å². The topological polar surface area (TPSA) is 136 Å². The van der Waals surface area contributed by atoms with Gasteiger partial charge in [0.05, 0.1) is 0 Å². The summed E-state index contributed by atoms with van der Waals surface area (Å²) in [6, 6.07) is 0. The van der Waals surface area contributed by atoms with Crippen LogP contribution in [0.15, 0.2) is 0 Å². The van der Waals surface area contributed by atoms with Gasteiger partial charge in [-0.2, -0.15) is 0 Å². The van der Waals surface area contributed by atoms with E-state index in [1.807, 2.05) is 0 Å². The number of unbranched alkanes of at least 4 members (excludes halogenated alkanes) is 1. The number of amides is 1. The van der Waals surface area contributed by atoms with Crippen molar-refractivity contribution in [1.82, 2.24) is 10.6 Å². The molecule has 19 heavy (non-hydrogen) atoms. The standard InChI is InChI=1S/C12H27N5O2/c13-8-16-5-2-1-3-10(12(15)19)7-11(18)4-6-17-9-14/h10,16-17H,1-9,13-14H2,(H2,15,19). The fourth-order valence-electron chi connectivity index (χ4n) is 1.79. The van der Waals surface area contributed by atoms with Crippen LogP contribution in [0, 0.1) is 5.92 Å². The summed E-state index contributed by atoms with van der Waals surface area (Å²) < 4.78 is 0. The monoisotopic (exact) mass is 273 g/mol. The second-order valence-corrected chi connectivity index (χ2v) is 4.50. The Morgan fingerprint density at radius 2 is 1.63 bits per heavy atom. The maximum absolute atomic E-state index is 11.7. The van der Waals surface area contributed by atoms with E-state index in [4.69, 9.17) is 17.2 Å². The zero-order valence-electron chi connectivity index (χ0n) is 11.5. The van der Waals surface area contributed by atoms with Crippen LogP contribution in [0.5, 0.6) is 0 Å². The number of primary amides is 1. The summed E-state index contributed by atoms with van der Waals surface area (Å²) in [4.78, 5) is 22.9. The molecule has 0 rings (SSSR count). The molecule has 0 aliphatic rings. The van der Waals surface area contributed by atoms with E-state index in [9.17, 15) is 9.59 Å². The number of rotatable bonds is 13. The fourth-order valence-corrected chi connectivity index (χ4v) is 1.79. The maximum Gasteiger partial charge on any atom is 0.220 e. The Morgan fingerprint density at radius 3 is 2.21 bits per heavy atom. The predicted octanol–water partition coefficient (Wildman–Crippen LogP) is -1.38. The highest BCUT2D eigenvalue weighted by Gasteiger charge is 2.18. The van der Waals surface area contributed by atoms with Gasteiger partial charge in [0.25, 0.3) is 0 Å². The van der Waals surface area contributed by atoms with E-state index in [0.29, 0.717) is 32.7 Å². The quantitative estimate of drug-likeness (QED) is 0.207. The van der Waals surface area contributed by atoms with E-state index >= 15 is 0 Å². The number of carbonyl (C=O) groups excluding carboxylic acids is 2. The molecule has 8 N–H and O–H groups in total. The van der Waals surface area contributed by atoms with E-state index < -0.39 is 5.91 Å². The highest BCUT2D eigenvalue weighted by molar-refractivity contribution is 5.86. The van der Waals surface area contributed by atoms with Crippen LogP contribution in [0.2, 0.25) is 0 Å². The summed E-state index contributed by atoms with van der Waals surface area (Å²) in [7, 11) is 0. The largest absolute Gasteiger partial charge is 0.369 e. The molecule has 0 fully saturated rings. The summed E-state index contributed by atoms with van der Waals surface area (Å²) in [5.74, 6) is -0.708. The van der Waals surface area contributed by atoms with Crippen molar-refractivity contribution in [3.05, 3.63) is 0 Å². The Kier molecular flexibility index (Phi) is 11.4. The molecule has 1 amide bonds. The molecule has 0 radical (unpaired) electrons. The Hall–Kier alpha value is -1.02. The second kappa shape index (κ2) is 12.0. The first kappa shape index (κ1) is 18.0. The molecule has 0 saturated carbocycles. The van der Waals surface area contributed by atoms with Crippen molar-refractivity contribution in [2.24, 2.45) is 23.1 Å². The highest BCUT2D eigenvalue weighted by atomic mass is 16.1. The second-order valence-electron chi connectivity index (χ2n) is 4.50. The molecular formula is C12H27N5O2. The van der Waals surface area contributed by atoms with Crippen LogP contribution in [-0.2, 0) is 9.59 Å². The van der Waals surface area contributed by atoms with E-state index in [1.165, 1.54) is 0 Å². The van der Waals surface area contributed by atoms with Crippen LogP contribution in [0.4, 0.5) is 0 Å². The molecule has 1 atom stereocenters. The minimum absolute atomic E-state index is 0.0461. The zero-order chi connectivity index (χ0) is 14.5. The van der Waals surface area contributed by atoms with Gasteiger partial charge in [0.15, 0.2) is 0 Å². The van der Waals surface area contributed by atoms with Gasteiger partial charge < -0.3 is 27.8 Å². The highest BCUT2D eigenvalue weighted by Crippen LogP contribution is 2.13. The van der Waals surface area contributed by atoms with E-state index in [1.54, 1.807) is 0 Å². The Morgan fingerprint density at radius 1 is 1.00 bits per heavy atom. The van der Waals surface area contributed by atoms with Gasteiger partial charge in [0, 0.05) is 38.6 Å². The predicted molar refractivity (Wildman–Crippen MR) is 74.9 cm³/mol. The van der Waals surface area contributed by atoms with Crippen molar-refractivity contribution in [2.75, 3.05) is 26.4 Å². The number of nitrogens with two attached hydrogens (primary N) is 3. The molecule has 7 nitrogen and oxygen atoms in total. The average molecular weight is 273 g/mol. The van der Waals surface area contributed by atoms with E-state index in [0.717, 1.165) is 19.4 Å². The molecule has 0 saturated heterocycles. The smallest absolute Gasteiger partial charge is 0.220 e. The molecule has 0 spiro atoms. The van der Waals surface area contributed by atoms with Crippen LogP contribution in [0.25, 0.3) is 0 Å². The molecule has 0 heterocycles. The number of carbonyl (C=O) groups is 2. The van der Waals surface area contributed by atoms with Gasteiger partial charge in [0.2, 0.25) is 5.91 Å². The minimum Gasteiger partial charge on any atom is -0.369 e. The zero-order valence-corrected chi connectivity index (χ0v) is 11.5. The lowest BCUT2D eigenvalue weighted by atomic mass is 9.94. The molecule has 0 aromatic heterocycles. The third-order valence-electron chi connectivity index (χ3n) is 2.90. The maximum atomic E-state index is 11.7. The van der Waals surface area contributed by atoms with Gasteiger partial charge in [0.1, 0.15) is 5.78 Å². The van der Waals surface area contributed by atoms with Crippen LogP contribution in [0.3, 0.4) is 0 Å². The molecule has 0 aliphatic carbocycles. The Bertz CT molecular complexity index is 261. The lowest BCUT2D eigenvalue weighted by Gasteiger charge is -2.12. The van der Waals surface area contributed by atoms with Gasteiger partial charge in [-0.05, 0) is 19.4 Å². The van der Waals surface area contributed by atoms with Crippen LogP contribution in [-0.4, -0.2) is 38.1 Å². The summed E-state index contributed by atoms with van der Waals surface area (Å²) in [5, 5.41) is 5.87. The SMILES string of the molecule is NCNCCCCC(CC(=O)CCNCN)C(N)=O. The summed E-state index contributed by atoms with van der Waals surface area (Å²) >= 11 is 0. The van der Waals surface area contributed by atoms with Gasteiger partial charge in [-0.1, -0.05) is 6.42 Å². The summed E-state index contributed by atoms with van der Waals surface area (Å²) in [6.45, 7) is 2.16. The first-order valence-electron chi connectivity index (χ1n) is 6.74. The Labute approximate surface area is 114 Å². The third kappa shape index (κ3) is 10.6. The van der Waals surface area contributed by atoms with Crippen LogP contribution in [0.1, 0.15) is 32.1 Å². The molecule has 7 heteroatoms. The van der Waals surface area contributed by atoms with Crippen LogP contribution >= 0.6 is 0 Å². The first-order chi connectivity index (χ1) is 9.11. The summed E-state index contributed by atoms with van der Waals surface area (Å²) in [5.41, 5.74) is 15.9. The number of hydrogen-bond acceptors (Lipinski definition) is 6. The first-order valence-corrected chi connectivity index (χ1v) is 6.74. The molecular weight excluding hydrogens is 246 g/mol. The van der Waals surface area contributed by atoms with E-state index in [2.05, 4.69) is 10.6 Å². The van der Waals surface area contributed by atoms with Crippen molar-refractivity contribution >= 4 is 11.7 Å². The molecule has 112 valence electrons. The third-order valence-corrected chi connectivity index (χ3v) is 2.90. The van der Waals surface area contributed by atoms with Gasteiger partial charge in [-0.3, -0.25) is 9.59 Å². The van der Waals surface area contributed by atoms with Gasteiger partial charge in [-0.15, -0.1) is 0 Å². The number of Topliss-reactive ketones (excluding diaryl/α,β-unsaturated/α-hetero) is 1. The average Bonchev–Trinajstić information content (AvgIpc) is 2.37. The minimum atomic E-state index is -0.396. The molecule has 0 aliphatic heterocycles. The lowest BCUT2D eigenvalue weighted by Crippen LogP contribution is -2.28. The number of ketones is 1. The lowest BCUT2D eigenvalue weighted by molar-refractivity contribution is -0.127.